The van der Waals surface area contributed by atoms with Crippen molar-refractivity contribution in [1.29, 1.82) is 0 Å². The number of aromatic nitrogens is 3. The van der Waals surface area contributed by atoms with E-state index in [2.05, 4.69) is 25.2 Å². The number of nitrogens with one attached hydrogen (secondary N) is 1. The number of carbonyl (C=O) groups is 1. The largest absolute Gasteiger partial charge is 0.340 e. The van der Waals surface area contributed by atoms with Crippen LogP contribution in [0.5, 0.6) is 0 Å². The lowest BCUT2D eigenvalue weighted by atomic mass is 9.97. The second-order valence-corrected chi connectivity index (χ2v) is 7.86. The van der Waals surface area contributed by atoms with Crippen LogP contribution in [0.4, 0.5) is 11.1 Å². The maximum Gasteiger partial charge on any atom is 0.231 e. The summed E-state index contributed by atoms with van der Waals surface area (Å²) in [4.78, 5) is 29.5. The Morgan fingerprint density at radius 1 is 1.16 bits per heavy atom. The molecular formula is C18H23N5OS. The van der Waals surface area contributed by atoms with Crippen molar-refractivity contribution in [2.24, 2.45) is 5.92 Å². The van der Waals surface area contributed by atoms with Crippen molar-refractivity contribution in [2.45, 2.75) is 44.9 Å². The van der Waals surface area contributed by atoms with E-state index in [1.807, 2.05) is 6.07 Å². The molecule has 0 radical (unpaired) electrons. The van der Waals surface area contributed by atoms with Gasteiger partial charge in [0, 0.05) is 30.4 Å². The van der Waals surface area contributed by atoms with Crippen LogP contribution in [-0.4, -0.2) is 33.9 Å². The Balaban J connectivity index is 1.41. The molecule has 7 heteroatoms. The number of carbonyl (C=O) groups excluding carboxylic acids is 1. The SMILES string of the molecule is O=C(Nc1nc2c(s1)CCCCC2)C1CCCN(c2ncccn2)C1. The van der Waals surface area contributed by atoms with Gasteiger partial charge in [-0.3, -0.25) is 4.79 Å². The first-order chi connectivity index (χ1) is 12.3. The van der Waals surface area contributed by atoms with E-state index < -0.39 is 0 Å². The molecule has 1 fully saturated rings. The van der Waals surface area contributed by atoms with Crippen LogP contribution < -0.4 is 10.2 Å². The van der Waals surface area contributed by atoms with Gasteiger partial charge in [-0.05, 0) is 44.6 Å². The summed E-state index contributed by atoms with van der Waals surface area (Å²) in [5, 5.41) is 3.83. The van der Waals surface area contributed by atoms with E-state index in [4.69, 9.17) is 0 Å². The summed E-state index contributed by atoms with van der Waals surface area (Å²) >= 11 is 1.66. The molecule has 25 heavy (non-hydrogen) atoms. The van der Waals surface area contributed by atoms with Crippen molar-refractivity contribution in [3.8, 4) is 0 Å². The monoisotopic (exact) mass is 357 g/mol. The molecule has 4 rings (SSSR count). The van der Waals surface area contributed by atoms with Gasteiger partial charge in [-0.2, -0.15) is 0 Å². The Morgan fingerprint density at radius 3 is 2.88 bits per heavy atom. The van der Waals surface area contributed by atoms with E-state index in [0.29, 0.717) is 12.5 Å². The van der Waals surface area contributed by atoms with Crippen LogP contribution in [0.15, 0.2) is 18.5 Å². The Labute approximate surface area is 151 Å². The molecule has 3 heterocycles. The minimum atomic E-state index is -0.0405. The lowest BCUT2D eigenvalue weighted by Gasteiger charge is -2.31. The zero-order chi connectivity index (χ0) is 17.1. The summed E-state index contributed by atoms with van der Waals surface area (Å²) in [6, 6.07) is 1.81. The molecule has 0 aromatic carbocycles. The average Bonchev–Trinajstić information content (AvgIpc) is 2.90. The number of anilines is 2. The summed E-state index contributed by atoms with van der Waals surface area (Å²) in [6.45, 7) is 1.57. The van der Waals surface area contributed by atoms with Gasteiger partial charge in [0.15, 0.2) is 5.13 Å². The third-order valence-electron chi connectivity index (χ3n) is 4.95. The minimum absolute atomic E-state index is 0.0405. The fourth-order valence-corrected chi connectivity index (χ4v) is 4.67. The third kappa shape index (κ3) is 3.81. The summed E-state index contributed by atoms with van der Waals surface area (Å²) in [6.07, 6.45) is 11.2. The molecule has 1 aliphatic heterocycles. The first-order valence-electron chi connectivity index (χ1n) is 9.11. The van der Waals surface area contributed by atoms with Gasteiger partial charge < -0.3 is 10.2 Å². The molecule has 1 atom stereocenters. The minimum Gasteiger partial charge on any atom is -0.340 e. The molecule has 0 saturated carbocycles. The molecule has 132 valence electrons. The van der Waals surface area contributed by atoms with Gasteiger partial charge in [0.2, 0.25) is 11.9 Å². The van der Waals surface area contributed by atoms with Crippen molar-refractivity contribution < 1.29 is 4.79 Å². The van der Waals surface area contributed by atoms with E-state index in [0.717, 1.165) is 37.4 Å². The number of aryl methyl sites for hydroxylation is 2. The number of piperidine rings is 1. The van der Waals surface area contributed by atoms with E-state index in [1.165, 1.54) is 29.8 Å². The number of amides is 1. The molecule has 2 aliphatic rings. The predicted molar refractivity (Wildman–Crippen MR) is 99.0 cm³/mol. The molecular weight excluding hydrogens is 334 g/mol. The molecule has 0 spiro atoms. The molecule has 2 aromatic rings. The molecule has 1 unspecified atom stereocenters. The van der Waals surface area contributed by atoms with Crippen LogP contribution in [0.25, 0.3) is 0 Å². The van der Waals surface area contributed by atoms with Gasteiger partial charge in [0.1, 0.15) is 0 Å². The van der Waals surface area contributed by atoms with Crippen LogP contribution in [0, 0.1) is 5.92 Å². The van der Waals surface area contributed by atoms with Gasteiger partial charge >= 0.3 is 0 Å². The van der Waals surface area contributed by atoms with E-state index in [-0.39, 0.29) is 11.8 Å². The normalized spacial score (nSPS) is 20.6. The Bertz CT molecular complexity index is 709. The summed E-state index contributed by atoms with van der Waals surface area (Å²) in [5.41, 5.74) is 1.20. The highest BCUT2D eigenvalue weighted by Crippen LogP contribution is 2.30. The topological polar surface area (TPSA) is 71.0 Å². The Hall–Kier alpha value is -2.02. The quantitative estimate of drug-likeness (QED) is 0.855. The maximum atomic E-state index is 12.7. The zero-order valence-electron chi connectivity index (χ0n) is 14.3. The van der Waals surface area contributed by atoms with E-state index in [9.17, 15) is 4.79 Å². The fourth-order valence-electron chi connectivity index (χ4n) is 3.62. The van der Waals surface area contributed by atoms with E-state index in [1.54, 1.807) is 23.7 Å². The standard InChI is InChI=1S/C18H23N5OS/c24-16(22-18-21-14-7-2-1-3-8-15(14)25-18)13-6-4-11-23(12-13)17-19-9-5-10-20-17/h5,9-10,13H,1-4,6-8,11-12H2,(H,21,22,24). The van der Waals surface area contributed by atoms with Crippen LogP contribution in [0.3, 0.4) is 0 Å². The van der Waals surface area contributed by atoms with Gasteiger partial charge in [-0.1, -0.05) is 6.42 Å². The predicted octanol–water partition coefficient (Wildman–Crippen LogP) is 3.06. The van der Waals surface area contributed by atoms with Gasteiger partial charge in [-0.15, -0.1) is 11.3 Å². The molecule has 2 aromatic heterocycles. The molecule has 0 bridgehead atoms. The van der Waals surface area contributed by atoms with Crippen molar-refractivity contribution >= 4 is 28.3 Å². The van der Waals surface area contributed by atoms with Crippen molar-refractivity contribution in [3.63, 3.8) is 0 Å². The van der Waals surface area contributed by atoms with Crippen molar-refractivity contribution in [2.75, 3.05) is 23.3 Å². The van der Waals surface area contributed by atoms with Gasteiger partial charge in [-0.25, -0.2) is 15.0 Å². The van der Waals surface area contributed by atoms with Crippen LogP contribution in [0.1, 0.15) is 42.7 Å². The van der Waals surface area contributed by atoms with Crippen molar-refractivity contribution in [3.05, 3.63) is 29.0 Å². The maximum absolute atomic E-state index is 12.7. The number of rotatable bonds is 3. The van der Waals surface area contributed by atoms with E-state index >= 15 is 0 Å². The first-order valence-corrected chi connectivity index (χ1v) is 9.92. The second-order valence-electron chi connectivity index (χ2n) is 6.77. The Kier molecular flexibility index (Phi) is 4.92. The number of fused-ring (bicyclic) bond motifs is 1. The number of nitrogens with zero attached hydrogens (tertiary/aromatic N) is 4. The summed E-state index contributed by atoms with van der Waals surface area (Å²) in [5.74, 6) is 0.742. The van der Waals surface area contributed by atoms with Crippen LogP contribution in [-0.2, 0) is 17.6 Å². The Morgan fingerprint density at radius 2 is 2.00 bits per heavy atom. The molecule has 1 N–H and O–H groups in total. The molecule has 1 amide bonds. The summed E-state index contributed by atoms with van der Waals surface area (Å²) < 4.78 is 0. The summed E-state index contributed by atoms with van der Waals surface area (Å²) in [7, 11) is 0. The van der Waals surface area contributed by atoms with Crippen molar-refractivity contribution in [1.82, 2.24) is 15.0 Å². The number of hydrogen-bond acceptors (Lipinski definition) is 6. The molecule has 1 saturated heterocycles. The van der Waals surface area contributed by atoms with Crippen LogP contribution in [0.2, 0.25) is 0 Å². The number of thiazole rings is 1. The number of hydrogen-bond donors (Lipinski definition) is 1. The highest BCUT2D eigenvalue weighted by molar-refractivity contribution is 7.15. The highest BCUT2D eigenvalue weighted by Gasteiger charge is 2.28. The van der Waals surface area contributed by atoms with Gasteiger partial charge in [0.25, 0.3) is 0 Å². The lowest BCUT2D eigenvalue weighted by molar-refractivity contribution is -0.120. The average molecular weight is 357 g/mol. The third-order valence-corrected chi connectivity index (χ3v) is 6.03. The highest BCUT2D eigenvalue weighted by atomic mass is 32.1. The lowest BCUT2D eigenvalue weighted by Crippen LogP contribution is -2.41. The van der Waals surface area contributed by atoms with Gasteiger partial charge in [0.05, 0.1) is 11.6 Å². The smallest absolute Gasteiger partial charge is 0.231 e. The fraction of sp³-hybridized carbons (Fsp3) is 0.556. The second kappa shape index (κ2) is 7.47. The first kappa shape index (κ1) is 16.4. The molecule has 1 aliphatic carbocycles. The van der Waals surface area contributed by atoms with Crippen LogP contribution >= 0.6 is 11.3 Å². The molecule has 6 nitrogen and oxygen atoms in total. The zero-order valence-corrected chi connectivity index (χ0v) is 15.1.